The molecule has 0 spiro atoms. The van der Waals surface area contributed by atoms with Crippen LogP contribution >= 0.6 is 0 Å². The molecule has 20 heavy (non-hydrogen) atoms. The van der Waals surface area contributed by atoms with Crippen molar-refractivity contribution in [2.75, 3.05) is 37.6 Å². The van der Waals surface area contributed by atoms with E-state index < -0.39 is 6.10 Å². The van der Waals surface area contributed by atoms with E-state index in [0.29, 0.717) is 32.0 Å². The van der Waals surface area contributed by atoms with Gasteiger partial charge in [-0.3, -0.25) is 4.79 Å². The molecular formula is C13H19N5O2. The summed E-state index contributed by atoms with van der Waals surface area (Å²) in [5.74, 6) is 0.809. The van der Waals surface area contributed by atoms with Gasteiger partial charge in [-0.15, -0.1) is 0 Å². The van der Waals surface area contributed by atoms with E-state index in [-0.39, 0.29) is 11.9 Å². The molecule has 0 aromatic carbocycles. The molecule has 2 saturated heterocycles. The summed E-state index contributed by atoms with van der Waals surface area (Å²) in [6.07, 6.45) is 3.57. The minimum absolute atomic E-state index is 0.0928. The molecular weight excluding hydrogens is 258 g/mol. The monoisotopic (exact) mass is 277 g/mol. The molecule has 2 atom stereocenters. The zero-order valence-electron chi connectivity index (χ0n) is 11.3. The first kappa shape index (κ1) is 13.3. The van der Waals surface area contributed by atoms with Gasteiger partial charge in [0.25, 0.3) is 0 Å². The summed E-state index contributed by atoms with van der Waals surface area (Å²) in [6.45, 7) is 3.33. The third-order valence-electron chi connectivity index (χ3n) is 3.83. The van der Waals surface area contributed by atoms with E-state index in [1.165, 1.54) is 0 Å². The molecule has 0 radical (unpaired) electrons. The molecule has 2 N–H and O–H groups in total. The first-order valence-electron chi connectivity index (χ1n) is 6.96. The van der Waals surface area contributed by atoms with Crippen LogP contribution in [-0.2, 0) is 4.79 Å². The highest BCUT2D eigenvalue weighted by molar-refractivity contribution is 5.82. The predicted octanol–water partition coefficient (Wildman–Crippen LogP) is -1.15. The van der Waals surface area contributed by atoms with Gasteiger partial charge in [0.1, 0.15) is 0 Å². The number of carbonyl (C=O) groups excluding carboxylic acids is 1. The normalized spacial score (nSPS) is 26.9. The number of hydrogen-bond donors (Lipinski definition) is 2. The van der Waals surface area contributed by atoms with Gasteiger partial charge in [0.2, 0.25) is 11.9 Å². The molecule has 2 aliphatic rings. The molecule has 1 aromatic rings. The zero-order valence-corrected chi connectivity index (χ0v) is 11.3. The second-order valence-electron chi connectivity index (χ2n) is 5.21. The van der Waals surface area contributed by atoms with Crippen molar-refractivity contribution in [3.63, 3.8) is 0 Å². The minimum atomic E-state index is -0.400. The van der Waals surface area contributed by atoms with E-state index in [1.54, 1.807) is 18.5 Å². The number of aliphatic hydroxyl groups is 1. The van der Waals surface area contributed by atoms with Crippen molar-refractivity contribution in [1.82, 2.24) is 20.2 Å². The summed E-state index contributed by atoms with van der Waals surface area (Å²) in [6, 6.07) is 1.56. The Morgan fingerprint density at radius 2 is 1.95 bits per heavy atom. The summed E-state index contributed by atoms with van der Waals surface area (Å²) >= 11 is 0. The number of piperazine rings is 1. The zero-order chi connectivity index (χ0) is 13.9. The predicted molar refractivity (Wildman–Crippen MR) is 73.2 cm³/mol. The van der Waals surface area contributed by atoms with Crippen molar-refractivity contribution in [3.8, 4) is 0 Å². The Kier molecular flexibility index (Phi) is 3.79. The number of hydrogen-bond acceptors (Lipinski definition) is 6. The fourth-order valence-corrected chi connectivity index (χ4v) is 2.71. The molecule has 0 aliphatic carbocycles. The molecule has 7 heteroatoms. The summed E-state index contributed by atoms with van der Waals surface area (Å²) in [5.41, 5.74) is 0. The topological polar surface area (TPSA) is 81.6 Å². The van der Waals surface area contributed by atoms with Crippen molar-refractivity contribution >= 4 is 11.9 Å². The lowest BCUT2D eigenvalue weighted by molar-refractivity contribution is -0.133. The van der Waals surface area contributed by atoms with E-state index >= 15 is 0 Å². The molecule has 2 fully saturated rings. The molecule has 2 aliphatic heterocycles. The molecule has 0 bridgehead atoms. The first-order chi connectivity index (χ1) is 9.74. The van der Waals surface area contributed by atoms with E-state index in [0.717, 1.165) is 13.1 Å². The van der Waals surface area contributed by atoms with Crippen LogP contribution in [0.2, 0.25) is 0 Å². The van der Waals surface area contributed by atoms with Crippen LogP contribution in [0.1, 0.15) is 6.42 Å². The molecule has 1 aromatic heterocycles. The van der Waals surface area contributed by atoms with Crippen molar-refractivity contribution in [2.24, 2.45) is 0 Å². The van der Waals surface area contributed by atoms with Gasteiger partial charge in [-0.2, -0.15) is 0 Å². The second-order valence-corrected chi connectivity index (χ2v) is 5.21. The Morgan fingerprint density at radius 3 is 2.55 bits per heavy atom. The molecule has 2 unspecified atom stereocenters. The third-order valence-corrected chi connectivity index (χ3v) is 3.83. The number of rotatable bonds is 2. The van der Waals surface area contributed by atoms with Crippen LogP contribution in [0.25, 0.3) is 0 Å². The van der Waals surface area contributed by atoms with Gasteiger partial charge in [-0.05, 0) is 12.5 Å². The number of nitrogens with one attached hydrogen (secondary N) is 1. The molecule has 108 valence electrons. The highest BCUT2D eigenvalue weighted by Gasteiger charge is 2.32. The van der Waals surface area contributed by atoms with Gasteiger partial charge < -0.3 is 20.2 Å². The Bertz CT molecular complexity index is 461. The Labute approximate surface area is 117 Å². The SMILES string of the molecule is O=C(C1CC(O)CN1)N1CCN(c2ncccn2)CC1. The Hall–Kier alpha value is -1.73. The number of β-amino-alcohol motifs (C(OH)–C–C–N with tert-alkyl or cyclic N) is 1. The lowest BCUT2D eigenvalue weighted by Crippen LogP contribution is -2.53. The lowest BCUT2D eigenvalue weighted by Gasteiger charge is -2.35. The fourth-order valence-electron chi connectivity index (χ4n) is 2.71. The quantitative estimate of drug-likeness (QED) is 0.710. The summed E-state index contributed by atoms with van der Waals surface area (Å²) in [7, 11) is 0. The maximum absolute atomic E-state index is 12.3. The summed E-state index contributed by atoms with van der Waals surface area (Å²) in [4.78, 5) is 24.7. The highest BCUT2D eigenvalue weighted by atomic mass is 16.3. The maximum atomic E-state index is 12.3. The molecule has 3 rings (SSSR count). The summed E-state index contributed by atoms with van der Waals surface area (Å²) in [5, 5.41) is 12.5. The van der Waals surface area contributed by atoms with Crippen LogP contribution in [0.3, 0.4) is 0 Å². The lowest BCUT2D eigenvalue weighted by atomic mass is 10.1. The Morgan fingerprint density at radius 1 is 1.25 bits per heavy atom. The second kappa shape index (κ2) is 5.72. The van der Waals surface area contributed by atoms with Crippen molar-refractivity contribution < 1.29 is 9.90 Å². The van der Waals surface area contributed by atoms with Crippen LogP contribution in [0.5, 0.6) is 0 Å². The van der Waals surface area contributed by atoms with Crippen molar-refractivity contribution in [3.05, 3.63) is 18.5 Å². The molecule has 7 nitrogen and oxygen atoms in total. The van der Waals surface area contributed by atoms with Gasteiger partial charge in [0.05, 0.1) is 12.1 Å². The maximum Gasteiger partial charge on any atom is 0.239 e. The van der Waals surface area contributed by atoms with E-state index in [1.807, 2.05) is 4.90 Å². The molecule has 1 amide bonds. The summed E-state index contributed by atoms with van der Waals surface area (Å²) < 4.78 is 0. The van der Waals surface area contributed by atoms with Crippen LogP contribution < -0.4 is 10.2 Å². The number of nitrogens with zero attached hydrogens (tertiary/aromatic N) is 4. The number of anilines is 1. The van der Waals surface area contributed by atoms with Crippen LogP contribution in [0.15, 0.2) is 18.5 Å². The third kappa shape index (κ3) is 2.73. The average Bonchev–Trinajstić information content (AvgIpc) is 2.94. The van der Waals surface area contributed by atoms with Gasteiger partial charge in [-0.1, -0.05) is 0 Å². The largest absolute Gasteiger partial charge is 0.392 e. The van der Waals surface area contributed by atoms with Crippen molar-refractivity contribution in [2.45, 2.75) is 18.6 Å². The average molecular weight is 277 g/mol. The van der Waals surface area contributed by atoms with Gasteiger partial charge >= 0.3 is 0 Å². The standard InChI is InChI=1S/C13H19N5O2/c19-10-8-11(16-9-10)12(20)17-4-6-18(7-5-17)13-14-2-1-3-15-13/h1-3,10-11,16,19H,4-9H2. The first-order valence-corrected chi connectivity index (χ1v) is 6.96. The van der Waals surface area contributed by atoms with Crippen LogP contribution in [-0.4, -0.2) is 70.8 Å². The van der Waals surface area contributed by atoms with E-state index in [9.17, 15) is 9.90 Å². The van der Waals surface area contributed by atoms with E-state index in [4.69, 9.17) is 0 Å². The van der Waals surface area contributed by atoms with Crippen LogP contribution in [0.4, 0.5) is 5.95 Å². The number of amides is 1. The smallest absolute Gasteiger partial charge is 0.239 e. The highest BCUT2D eigenvalue weighted by Crippen LogP contribution is 2.14. The fraction of sp³-hybridized carbons (Fsp3) is 0.615. The van der Waals surface area contributed by atoms with Gasteiger partial charge in [0, 0.05) is 45.1 Å². The number of carbonyl (C=O) groups is 1. The van der Waals surface area contributed by atoms with Gasteiger partial charge in [0.15, 0.2) is 0 Å². The van der Waals surface area contributed by atoms with Gasteiger partial charge in [-0.25, -0.2) is 9.97 Å². The van der Waals surface area contributed by atoms with E-state index in [2.05, 4.69) is 20.2 Å². The Balaban J connectivity index is 1.55. The van der Waals surface area contributed by atoms with Crippen LogP contribution in [0, 0.1) is 0 Å². The molecule has 0 saturated carbocycles. The number of aliphatic hydroxyl groups excluding tert-OH is 1. The minimum Gasteiger partial charge on any atom is -0.392 e. The molecule has 3 heterocycles. The van der Waals surface area contributed by atoms with Crippen molar-refractivity contribution in [1.29, 1.82) is 0 Å². The number of aromatic nitrogens is 2.